The molecule has 0 amide bonds. The number of hydrogen-bond donors (Lipinski definition) is 0. The van der Waals surface area contributed by atoms with Crippen molar-refractivity contribution in [1.29, 1.82) is 5.26 Å². The zero-order chi connectivity index (χ0) is 14.8. The van der Waals surface area contributed by atoms with Crippen LogP contribution in [0.2, 0.25) is 10.0 Å². The Balaban J connectivity index is 2.06. The molecule has 1 heterocycles. The monoisotopic (exact) mass is 317 g/mol. The zero-order valence-corrected chi connectivity index (χ0v) is 12.3. The lowest BCUT2D eigenvalue weighted by atomic mass is 10.0. The Hall–Kier alpha value is -2.15. The van der Waals surface area contributed by atoms with E-state index in [9.17, 15) is 5.26 Å². The van der Waals surface area contributed by atoms with Gasteiger partial charge in [0.1, 0.15) is 0 Å². The van der Waals surface area contributed by atoms with Crippen molar-refractivity contribution in [1.82, 2.24) is 0 Å². The molecule has 5 heteroatoms. The van der Waals surface area contributed by atoms with Crippen LogP contribution >= 0.6 is 23.2 Å². The molecule has 104 valence electrons. The summed E-state index contributed by atoms with van der Waals surface area (Å²) in [6.07, 6.45) is 1.70. The Kier molecular flexibility index (Phi) is 3.74. The molecule has 0 unspecified atom stereocenters. The molecule has 0 saturated heterocycles. The first-order chi connectivity index (χ1) is 10.2. The molecular formula is C16H9Cl2NO2. The molecule has 2 aromatic carbocycles. The van der Waals surface area contributed by atoms with Crippen LogP contribution in [0.1, 0.15) is 11.1 Å². The van der Waals surface area contributed by atoms with E-state index in [-0.39, 0.29) is 6.79 Å². The molecule has 0 spiro atoms. The van der Waals surface area contributed by atoms with E-state index in [4.69, 9.17) is 32.7 Å². The van der Waals surface area contributed by atoms with Gasteiger partial charge in [-0.1, -0.05) is 35.3 Å². The van der Waals surface area contributed by atoms with Crippen molar-refractivity contribution in [2.24, 2.45) is 0 Å². The Morgan fingerprint density at radius 1 is 1.14 bits per heavy atom. The lowest BCUT2D eigenvalue weighted by molar-refractivity contribution is 0.174. The minimum Gasteiger partial charge on any atom is -0.454 e. The minimum absolute atomic E-state index is 0.179. The molecule has 0 atom stereocenters. The Bertz CT molecular complexity index is 778. The normalized spacial score (nSPS) is 13.1. The SMILES string of the molecule is N#C/C(=C\c1cc2c(cc1Cl)OCO2)c1cccc(Cl)c1. The highest BCUT2D eigenvalue weighted by Crippen LogP contribution is 2.38. The minimum atomic E-state index is 0.179. The van der Waals surface area contributed by atoms with Gasteiger partial charge in [0.15, 0.2) is 11.5 Å². The van der Waals surface area contributed by atoms with Gasteiger partial charge in [-0.3, -0.25) is 0 Å². The van der Waals surface area contributed by atoms with Crippen LogP contribution in [-0.2, 0) is 0 Å². The van der Waals surface area contributed by atoms with Crippen LogP contribution in [-0.4, -0.2) is 6.79 Å². The van der Waals surface area contributed by atoms with Gasteiger partial charge in [-0.05, 0) is 35.4 Å². The van der Waals surface area contributed by atoms with Gasteiger partial charge in [-0.15, -0.1) is 0 Å². The van der Waals surface area contributed by atoms with Gasteiger partial charge in [0.25, 0.3) is 0 Å². The van der Waals surface area contributed by atoms with Crippen molar-refractivity contribution in [2.75, 3.05) is 6.79 Å². The summed E-state index contributed by atoms with van der Waals surface area (Å²) in [4.78, 5) is 0. The highest BCUT2D eigenvalue weighted by atomic mass is 35.5. The number of allylic oxidation sites excluding steroid dienone is 1. The summed E-state index contributed by atoms with van der Waals surface area (Å²) in [7, 11) is 0. The third-order valence-corrected chi connectivity index (χ3v) is 3.61. The molecule has 1 aliphatic heterocycles. The molecule has 21 heavy (non-hydrogen) atoms. The molecule has 0 N–H and O–H groups in total. The molecule has 3 nitrogen and oxygen atoms in total. The maximum atomic E-state index is 9.36. The van der Waals surface area contributed by atoms with Crippen LogP contribution in [0.3, 0.4) is 0 Å². The predicted octanol–water partition coefficient (Wildman–Crippen LogP) is 4.79. The van der Waals surface area contributed by atoms with E-state index in [0.717, 1.165) is 5.56 Å². The lowest BCUT2D eigenvalue weighted by Gasteiger charge is -2.04. The number of fused-ring (bicyclic) bond motifs is 1. The molecule has 0 fully saturated rings. The Labute approximate surface area is 131 Å². The Morgan fingerprint density at radius 2 is 1.90 bits per heavy atom. The highest BCUT2D eigenvalue weighted by Gasteiger charge is 2.16. The third-order valence-electron chi connectivity index (χ3n) is 3.05. The molecule has 0 saturated carbocycles. The van der Waals surface area contributed by atoms with Gasteiger partial charge in [0.05, 0.1) is 16.7 Å². The van der Waals surface area contributed by atoms with Crippen molar-refractivity contribution in [3.05, 3.63) is 57.6 Å². The van der Waals surface area contributed by atoms with E-state index in [1.165, 1.54) is 0 Å². The molecule has 0 aromatic heterocycles. The summed E-state index contributed by atoms with van der Waals surface area (Å²) in [6.45, 7) is 0.179. The fourth-order valence-electron chi connectivity index (χ4n) is 2.04. The summed E-state index contributed by atoms with van der Waals surface area (Å²) in [6, 6.07) is 12.7. The number of nitrogens with zero attached hydrogens (tertiary/aromatic N) is 1. The average molecular weight is 318 g/mol. The van der Waals surface area contributed by atoms with Crippen LogP contribution in [0.25, 0.3) is 11.6 Å². The lowest BCUT2D eigenvalue weighted by Crippen LogP contribution is -1.92. The van der Waals surface area contributed by atoms with Gasteiger partial charge < -0.3 is 9.47 Å². The summed E-state index contributed by atoms with van der Waals surface area (Å²) < 4.78 is 10.6. The summed E-state index contributed by atoms with van der Waals surface area (Å²) in [5.41, 5.74) is 1.90. The van der Waals surface area contributed by atoms with E-state index in [0.29, 0.717) is 32.7 Å². The number of nitriles is 1. The number of hydrogen-bond acceptors (Lipinski definition) is 3. The fraction of sp³-hybridized carbons (Fsp3) is 0.0625. The van der Waals surface area contributed by atoms with Gasteiger partial charge >= 0.3 is 0 Å². The van der Waals surface area contributed by atoms with Crippen molar-refractivity contribution in [2.45, 2.75) is 0 Å². The second-order valence-corrected chi connectivity index (χ2v) is 5.25. The summed E-state index contributed by atoms with van der Waals surface area (Å²) in [5, 5.41) is 10.4. The first-order valence-corrected chi connectivity index (χ1v) is 6.90. The van der Waals surface area contributed by atoms with Gasteiger partial charge in [0.2, 0.25) is 6.79 Å². The van der Waals surface area contributed by atoms with Crippen LogP contribution < -0.4 is 9.47 Å². The van der Waals surface area contributed by atoms with Gasteiger partial charge in [-0.25, -0.2) is 0 Å². The largest absolute Gasteiger partial charge is 0.454 e. The van der Waals surface area contributed by atoms with Crippen LogP contribution in [0.4, 0.5) is 0 Å². The van der Waals surface area contributed by atoms with Gasteiger partial charge in [-0.2, -0.15) is 5.26 Å². The average Bonchev–Trinajstić information content (AvgIpc) is 2.91. The summed E-state index contributed by atoms with van der Waals surface area (Å²) in [5.74, 6) is 1.23. The predicted molar refractivity (Wildman–Crippen MR) is 82.5 cm³/mol. The molecule has 0 bridgehead atoms. The molecular weight excluding hydrogens is 309 g/mol. The zero-order valence-electron chi connectivity index (χ0n) is 10.8. The van der Waals surface area contributed by atoms with E-state index in [1.807, 2.05) is 6.07 Å². The smallest absolute Gasteiger partial charge is 0.231 e. The van der Waals surface area contributed by atoms with E-state index in [1.54, 1.807) is 36.4 Å². The van der Waals surface area contributed by atoms with Crippen molar-refractivity contribution in [3.8, 4) is 17.6 Å². The van der Waals surface area contributed by atoms with E-state index >= 15 is 0 Å². The summed E-state index contributed by atoms with van der Waals surface area (Å²) >= 11 is 12.2. The third kappa shape index (κ3) is 2.82. The highest BCUT2D eigenvalue weighted by molar-refractivity contribution is 6.32. The van der Waals surface area contributed by atoms with E-state index in [2.05, 4.69) is 6.07 Å². The van der Waals surface area contributed by atoms with Crippen molar-refractivity contribution < 1.29 is 9.47 Å². The number of ether oxygens (including phenoxy) is 2. The molecule has 3 rings (SSSR count). The van der Waals surface area contributed by atoms with Crippen LogP contribution in [0.15, 0.2) is 36.4 Å². The Morgan fingerprint density at radius 3 is 2.62 bits per heavy atom. The number of rotatable bonds is 2. The maximum Gasteiger partial charge on any atom is 0.231 e. The molecule has 1 aliphatic rings. The van der Waals surface area contributed by atoms with E-state index < -0.39 is 0 Å². The molecule has 2 aromatic rings. The second-order valence-electron chi connectivity index (χ2n) is 4.41. The topological polar surface area (TPSA) is 42.2 Å². The van der Waals surface area contributed by atoms with Gasteiger partial charge in [0, 0.05) is 11.1 Å². The molecule has 0 radical (unpaired) electrons. The first kappa shape index (κ1) is 13.8. The number of benzene rings is 2. The van der Waals surface area contributed by atoms with Crippen LogP contribution in [0, 0.1) is 11.3 Å². The first-order valence-electron chi connectivity index (χ1n) is 6.14. The standard InChI is InChI=1S/C16H9Cl2NO2/c17-13-3-1-2-10(5-13)12(8-19)4-11-6-15-16(7-14(11)18)21-9-20-15/h1-7H,9H2/b12-4+. The fourth-order valence-corrected chi connectivity index (χ4v) is 2.43. The van der Waals surface area contributed by atoms with Crippen molar-refractivity contribution in [3.63, 3.8) is 0 Å². The number of halogens is 2. The quantitative estimate of drug-likeness (QED) is 0.591. The molecule has 0 aliphatic carbocycles. The van der Waals surface area contributed by atoms with Crippen molar-refractivity contribution >= 4 is 34.9 Å². The van der Waals surface area contributed by atoms with Crippen LogP contribution in [0.5, 0.6) is 11.5 Å². The second kappa shape index (κ2) is 5.69. The maximum absolute atomic E-state index is 9.36.